The van der Waals surface area contributed by atoms with E-state index in [0.717, 1.165) is 6.04 Å². The normalized spacial score (nSPS) is 34.2. The van der Waals surface area contributed by atoms with E-state index in [9.17, 15) is 5.11 Å². The molecule has 2 aliphatic carbocycles. The van der Waals surface area contributed by atoms with Crippen molar-refractivity contribution < 1.29 is 5.11 Å². The van der Waals surface area contributed by atoms with Gasteiger partial charge < -0.3 is 10.4 Å². The molecule has 2 rings (SSSR count). The van der Waals surface area contributed by atoms with Crippen LogP contribution in [-0.2, 0) is 0 Å². The SMILES string of the molecule is OCC1CCCCC1NC1CCCCC1. The summed E-state index contributed by atoms with van der Waals surface area (Å²) in [5.74, 6) is 0.528. The van der Waals surface area contributed by atoms with Gasteiger partial charge in [-0.05, 0) is 31.6 Å². The molecule has 0 aromatic rings. The lowest BCUT2D eigenvalue weighted by atomic mass is 9.83. The second kappa shape index (κ2) is 5.86. The largest absolute Gasteiger partial charge is 0.396 e. The van der Waals surface area contributed by atoms with Crippen LogP contribution < -0.4 is 5.32 Å². The summed E-state index contributed by atoms with van der Waals surface area (Å²) < 4.78 is 0. The van der Waals surface area contributed by atoms with E-state index in [1.54, 1.807) is 0 Å². The Kier molecular flexibility index (Phi) is 4.45. The molecule has 0 aliphatic heterocycles. The van der Waals surface area contributed by atoms with Crippen LogP contribution in [0.15, 0.2) is 0 Å². The number of aliphatic hydroxyl groups is 1. The average molecular weight is 211 g/mol. The first-order chi connectivity index (χ1) is 7.40. The predicted octanol–water partition coefficient (Wildman–Crippen LogP) is 2.46. The molecule has 15 heavy (non-hydrogen) atoms. The molecule has 2 saturated carbocycles. The van der Waals surface area contributed by atoms with Crippen molar-refractivity contribution in [2.75, 3.05) is 6.61 Å². The second-order valence-electron chi connectivity index (χ2n) is 5.34. The first-order valence-electron chi connectivity index (χ1n) is 6.77. The fourth-order valence-corrected chi connectivity index (χ4v) is 3.22. The molecule has 0 bridgehead atoms. The van der Waals surface area contributed by atoms with E-state index in [1.807, 2.05) is 0 Å². The Labute approximate surface area is 93.5 Å². The number of aliphatic hydroxyl groups excluding tert-OH is 1. The zero-order valence-corrected chi connectivity index (χ0v) is 9.75. The minimum absolute atomic E-state index is 0.379. The third-order valence-electron chi connectivity index (χ3n) is 4.20. The van der Waals surface area contributed by atoms with Gasteiger partial charge in [0.1, 0.15) is 0 Å². The molecular formula is C13H25NO. The average Bonchev–Trinajstić information content (AvgIpc) is 2.31. The highest BCUT2D eigenvalue weighted by molar-refractivity contribution is 4.84. The molecule has 2 aliphatic rings. The van der Waals surface area contributed by atoms with Crippen LogP contribution in [0.4, 0.5) is 0 Å². The molecule has 0 aromatic carbocycles. The molecule has 0 saturated heterocycles. The lowest BCUT2D eigenvalue weighted by molar-refractivity contribution is 0.140. The van der Waals surface area contributed by atoms with Crippen molar-refractivity contribution in [3.05, 3.63) is 0 Å². The highest BCUT2D eigenvalue weighted by Crippen LogP contribution is 2.26. The molecule has 0 amide bonds. The van der Waals surface area contributed by atoms with Crippen LogP contribution in [0.1, 0.15) is 57.8 Å². The Hall–Kier alpha value is -0.0800. The summed E-state index contributed by atoms with van der Waals surface area (Å²) in [7, 11) is 0. The Morgan fingerprint density at radius 1 is 0.867 bits per heavy atom. The third-order valence-corrected chi connectivity index (χ3v) is 4.20. The van der Waals surface area contributed by atoms with Gasteiger partial charge in [-0.3, -0.25) is 0 Å². The van der Waals surface area contributed by atoms with Gasteiger partial charge in [-0.25, -0.2) is 0 Å². The number of rotatable bonds is 3. The van der Waals surface area contributed by atoms with Crippen LogP contribution in [-0.4, -0.2) is 23.8 Å². The first kappa shape index (κ1) is 11.4. The Morgan fingerprint density at radius 3 is 2.27 bits per heavy atom. The zero-order chi connectivity index (χ0) is 10.5. The quantitative estimate of drug-likeness (QED) is 0.751. The minimum Gasteiger partial charge on any atom is -0.396 e. The molecule has 2 heteroatoms. The van der Waals surface area contributed by atoms with Crippen LogP contribution in [0.25, 0.3) is 0 Å². The fraction of sp³-hybridized carbons (Fsp3) is 1.00. The van der Waals surface area contributed by atoms with E-state index in [-0.39, 0.29) is 0 Å². The highest BCUT2D eigenvalue weighted by Gasteiger charge is 2.26. The maximum atomic E-state index is 9.35. The van der Waals surface area contributed by atoms with Crippen LogP contribution in [0, 0.1) is 5.92 Å². The van der Waals surface area contributed by atoms with Crippen molar-refractivity contribution >= 4 is 0 Å². The third kappa shape index (κ3) is 3.18. The van der Waals surface area contributed by atoms with Crippen LogP contribution in [0.3, 0.4) is 0 Å². The summed E-state index contributed by atoms with van der Waals surface area (Å²) in [6.07, 6.45) is 12.1. The van der Waals surface area contributed by atoms with E-state index < -0.39 is 0 Å². The lowest BCUT2D eigenvalue weighted by Crippen LogP contribution is -2.46. The monoisotopic (exact) mass is 211 g/mol. The van der Waals surface area contributed by atoms with Gasteiger partial charge in [0.25, 0.3) is 0 Å². The minimum atomic E-state index is 0.379. The van der Waals surface area contributed by atoms with Crippen LogP contribution in [0.5, 0.6) is 0 Å². The molecule has 2 nitrogen and oxygen atoms in total. The maximum Gasteiger partial charge on any atom is 0.0474 e. The van der Waals surface area contributed by atoms with Gasteiger partial charge >= 0.3 is 0 Å². The molecule has 88 valence electrons. The van der Waals surface area contributed by atoms with Gasteiger partial charge in [-0.15, -0.1) is 0 Å². The topological polar surface area (TPSA) is 32.3 Å². The van der Waals surface area contributed by atoms with E-state index in [4.69, 9.17) is 0 Å². The predicted molar refractivity (Wildman–Crippen MR) is 62.8 cm³/mol. The molecule has 0 spiro atoms. The van der Waals surface area contributed by atoms with Crippen molar-refractivity contribution in [2.24, 2.45) is 5.92 Å². The molecule has 0 heterocycles. The molecule has 2 N–H and O–H groups in total. The number of hydrogen-bond acceptors (Lipinski definition) is 2. The zero-order valence-electron chi connectivity index (χ0n) is 9.75. The van der Waals surface area contributed by atoms with E-state index >= 15 is 0 Å². The van der Waals surface area contributed by atoms with Gasteiger partial charge in [0.2, 0.25) is 0 Å². The molecule has 2 fully saturated rings. The summed E-state index contributed by atoms with van der Waals surface area (Å²) >= 11 is 0. The van der Waals surface area contributed by atoms with Gasteiger partial charge in [0.05, 0.1) is 0 Å². The van der Waals surface area contributed by atoms with Gasteiger partial charge in [0, 0.05) is 18.7 Å². The number of hydrogen-bond donors (Lipinski definition) is 2. The summed E-state index contributed by atoms with van der Waals surface area (Å²) in [5.41, 5.74) is 0. The summed E-state index contributed by atoms with van der Waals surface area (Å²) in [5, 5.41) is 13.1. The lowest BCUT2D eigenvalue weighted by Gasteiger charge is -2.35. The smallest absolute Gasteiger partial charge is 0.0474 e. The van der Waals surface area contributed by atoms with Crippen molar-refractivity contribution in [2.45, 2.75) is 69.9 Å². The maximum absolute atomic E-state index is 9.35. The molecule has 0 radical (unpaired) electrons. The van der Waals surface area contributed by atoms with Crippen molar-refractivity contribution in [3.8, 4) is 0 Å². The summed E-state index contributed by atoms with van der Waals surface area (Å²) in [6.45, 7) is 0.379. The van der Waals surface area contributed by atoms with Gasteiger partial charge in [-0.2, -0.15) is 0 Å². The highest BCUT2D eigenvalue weighted by atomic mass is 16.3. The molecule has 2 atom stereocenters. The van der Waals surface area contributed by atoms with E-state index in [2.05, 4.69) is 5.32 Å². The molecular weight excluding hydrogens is 186 g/mol. The first-order valence-corrected chi connectivity index (χ1v) is 6.77. The van der Waals surface area contributed by atoms with Crippen LogP contribution in [0.2, 0.25) is 0 Å². The Balaban J connectivity index is 1.79. The molecule has 0 aromatic heterocycles. The van der Waals surface area contributed by atoms with E-state index in [0.29, 0.717) is 18.6 Å². The second-order valence-corrected chi connectivity index (χ2v) is 5.34. The fourth-order valence-electron chi connectivity index (χ4n) is 3.22. The Bertz CT molecular complexity index is 177. The van der Waals surface area contributed by atoms with Crippen molar-refractivity contribution in [3.63, 3.8) is 0 Å². The van der Waals surface area contributed by atoms with Crippen LogP contribution >= 0.6 is 0 Å². The van der Waals surface area contributed by atoms with Gasteiger partial charge in [-0.1, -0.05) is 32.1 Å². The number of nitrogens with one attached hydrogen (secondary N) is 1. The summed E-state index contributed by atoms with van der Waals surface area (Å²) in [4.78, 5) is 0. The standard InChI is InChI=1S/C13H25NO/c15-10-11-6-4-5-9-13(11)14-12-7-2-1-3-8-12/h11-15H,1-10H2. The molecule has 2 unspecified atom stereocenters. The van der Waals surface area contributed by atoms with E-state index in [1.165, 1.54) is 57.8 Å². The van der Waals surface area contributed by atoms with Crippen molar-refractivity contribution in [1.29, 1.82) is 0 Å². The van der Waals surface area contributed by atoms with Gasteiger partial charge in [0.15, 0.2) is 0 Å². The summed E-state index contributed by atoms with van der Waals surface area (Å²) in [6, 6.07) is 1.35. The van der Waals surface area contributed by atoms with Crippen molar-refractivity contribution in [1.82, 2.24) is 5.32 Å². The Morgan fingerprint density at radius 2 is 1.53 bits per heavy atom.